The Labute approximate surface area is 159 Å². The number of aromatic nitrogens is 2. The summed E-state index contributed by atoms with van der Waals surface area (Å²) < 4.78 is 0. The number of nitriles is 1. The Morgan fingerprint density at radius 1 is 1.22 bits per heavy atom. The molecule has 2 aromatic rings. The Hall–Kier alpha value is -2.81. The van der Waals surface area contributed by atoms with E-state index in [1.54, 1.807) is 0 Å². The van der Waals surface area contributed by atoms with E-state index in [1.165, 1.54) is 0 Å². The van der Waals surface area contributed by atoms with Gasteiger partial charge in [0.2, 0.25) is 5.91 Å². The largest absolute Gasteiger partial charge is 0.369 e. The lowest BCUT2D eigenvalue weighted by molar-refractivity contribution is -0.133. The molecule has 1 aliphatic carbocycles. The maximum atomic E-state index is 13.2. The monoisotopic (exact) mass is 363 g/mol. The zero-order valence-electron chi connectivity index (χ0n) is 15.7. The molecule has 27 heavy (non-hydrogen) atoms. The van der Waals surface area contributed by atoms with Crippen LogP contribution in [0.1, 0.15) is 48.0 Å². The first-order valence-electron chi connectivity index (χ1n) is 9.75. The Kier molecular flexibility index (Phi) is 4.85. The summed E-state index contributed by atoms with van der Waals surface area (Å²) in [6.45, 7) is 5.02. The molecule has 0 bridgehead atoms. The highest BCUT2D eigenvalue weighted by atomic mass is 16.2. The SMILES string of the molecule is Cc1nc2c([nH]1)CCCC2C(=O)N1CCCN(c2ccccc2C#N)CC1. The van der Waals surface area contributed by atoms with Crippen molar-refractivity contribution in [1.82, 2.24) is 14.9 Å². The van der Waals surface area contributed by atoms with Crippen LogP contribution in [0.25, 0.3) is 0 Å². The van der Waals surface area contributed by atoms with Crippen LogP contribution in [-0.4, -0.2) is 47.0 Å². The third kappa shape index (κ3) is 3.42. The van der Waals surface area contributed by atoms with Gasteiger partial charge in [-0.25, -0.2) is 4.98 Å². The zero-order valence-corrected chi connectivity index (χ0v) is 15.7. The van der Waals surface area contributed by atoms with Gasteiger partial charge in [0.05, 0.1) is 22.9 Å². The number of nitrogens with one attached hydrogen (secondary N) is 1. The van der Waals surface area contributed by atoms with Crippen molar-refractivity contribution in [3.8, 4) is 6.07 Å². The fourth-order valence-electron chi connectivity index (χ4n) is 4.34. The van der Waals surface area contributed by atoms with Crippen LogP contribution in [0.3, 0.4) is 0 Å². The standard InChI is InChI=1S/C21H25N5O/c1-15-23-18-8-4-7-17(20(18)24-15)21(27)26-11-5-10-25(12-13-26)19-9-3-2-6-16(19)14-22/h2-3,6,9,17H,4-5,7-8,10-13H2,1H3,(H,23,24). The fraction of sp³-hybridized carbons (Fsp3) is 0.476. The summed E-state index contributed by atoms with van der Waals surface area (Å²) in [5, 5.41) is 9.37. The molecule has 0 saturated carbocycles. The predicted octanol–water partition coefficient (Wildman–Crippen LogP) is 2.75. The van der Waals surface area contributed by atoms with E-state index in [-0.39, 0.29) is 11.8 Å². The molecule has 1 aliphatic heterocycles. The molecule has 1 amide bonds. The number of benzene rings is 1. The van der Waals surface area contributed by atoms with E-state index >= 15 is 0 Å². The second kappa shape index (κ2) is 7.43. The van der Waals surface area contributed by atoms with Gasteiger partial charge in [-0.1, -0.05) is 12.1 Å². The molecular formula is C21H25N5O. The van der Waals surface area contributed by atoms with Crippen LogP contribution in [0.4, 0.5) is 5.69 Å². The Morgan fingerprint density at radius 3 is 2.93 bits per heavy atom. The lowest BCUT2D eigenvalue weighted by atomic mass is 9.88. The predicted molar refractivity (Wildman–Crippen MR) is 104 cm³/mol. The first-order chi connectivity index (χ1) is 13.2. The number of carbonyl (C=O) groups is 1. The van der Waals surface area contributed by atoms with Gasteiger partial charge in [0.1, 0.15) is 11.9 Å². The molecule has 1 fully saturated rings. The number of para-hydroxylation sites is 1. The Bertz CT molecular complexity index is 881. The van der Waals surface area contributed by atoms with Crippen molar-refractivity contribution < 1.29 is 4.79 Å². The molecule has 6 heteroatoms. The molecule has 1 aromatic heterocycles. The summed E-state index contributed by atoms with van der Waals surface area (Å²) in [5.41, 5.74) is 3.76. The molecule has 2 heterocycles. The van der Waals surface area contributed by atoms with Gasteiger partial charge in [-0.05, 0) is 44.7 Å². The van der Waals surface area contributed by atoms with E-state index in [0.717, 1.165) is 68.2 Å². The summed E-state index contributed by atoms with van der Waals surface area (Å²) >= 11 is 0. The van der Waals surface area contributed by atoms with Gasteiger partial charge in [-0.15, -0.1) is 0 Å². The van der Waals surface area contributed by atoms with Gasteiger partial charge in [0, 0.05) is 31.9 Å². The van der Waals surface area contributed by atoms with Crippen molar-refractivity contribution in [2.45, 2.75) is 38.5 Å². The van der Waals surface area contributed by atoms with Crippen molar-refractivity contribution in [3.63, 3.8) is 0 Å². The van der Waals surface area contributed by atoms with E-state index in [2.05, 4.69) is 20.9 Å². The van der Waals surface area contributed by atoms with E-state index in [9.17, 15) is 10.1 Å². The first kappa shape index (κ1) is 17.6. The minimum Gasteiger partial charge on any atom is -0.369 e. The van der Waals surface area contributed by atoms with Gasteiger partial charge in [-0.3, -0.25) is 4.79 Å². The minimum absolute atomic E-state index is 0.114. The average Bonchev–Trinajstić information content (AvgIpc) is 2.91. The highest BCUT2D eigenvalue weighted by molar-refractivity contribution is 5.84. The van der Waals surface area contributed by atoms with E-state index in [1.807, 2.05) is 36.1 Å². The molecule has 1 atom stereocenters. The van der Waals surface area contributed by atoms with E-state index in [4.69, 9.17) is 0 Å². The Morgan fingerprint density at radius 2 is 2.07 bits per heavy atom. The second-order valence-corrected chi connectivity index (χ2v) is 7.43. The first-order valence-corrected chi connectivity index (χ1v) is 9.75. The number of imidazole rings is 1. The number of hydrogen-bond donors (Lipinski definition) is 1. The number of nitrogens with zero attached hydrogens (tertiary/aromatic N) is 4. The van der Waals surface area contributed by atoms with E-state index in [0.29, 0.717) is 12.1 Å². The maximum Gasteiger partial charge on any atom is 0.231 e. The molecule has 1 aromatic carbocycles. The maximum absolute atomic E-state index is 13.2. The minimum atomic E-state index is -0.114. The number of aromatic amines is 1. The lowest BCUT2D eigenvalue weighted by Crippen LogP contribution is -2.39. The number of carbonyl (C=O) groups excluding carboxylic acids is 1. The highest BCUT2D eigenvalue weighted by Crippen LogP contribution is 2.32. The summed E-state index contributed by atoms with van der Waals surface area (Å²) in [4.78, 5) is 25.4. The second-order valence-electron chi connectivity index (χ2n) is 7.43. The third-order valence-electron chi connectivity index (χ3n) is 5.65. The van der Waals surface area contributed by atoms with Crippen LogP contribution in [0.15, 0.2) is 24.3 Å². The number of anilines is 1. The molecule has 0 radical (unpaired) electrons. The van der Waals surface area contributed by atoms with Crippen molar-refractivity contribution in [2.75, 3.05) is 31.1 Å². The number of aryl methyl sites for hydroxylation is 2. The van der Waals surface area contributed by atoms with Crippen molar-refractivity contribution in [1.29, 1.82) is 5.26 Å². The van der Waals surface area contributed by atoms with Gasteiger partial charge >= 0.3 is 0 Å². The zero-order chi connectivity index (χ0) is 18.8. The lowest BCUT2D eigenvalue weighted by Gasteiger charge is -2.28. The van der Waals surface area contributed by atoms with Crippen LogP contribution in [-0.2, 0) is 11.2 Å². The summed E-state index contributed by atoms with van der Waals surface area (Å²) in [7, 11) is 0. The molecule has 6 nitrogen and oxygen atoms in total. The summed E-state index contributed by atoms with van der Waals surface area (Å²) in [6, 6.07) is 9.98. The van der Waals surface area contributed by atoms with Crippen molar-refractivity contribution >= 4 is 11.6 Å². The van der Waals surface area contributed by atoms with Crippen LogP contribution in [0.5, 0.6) is 0 Å². The molecule has 0 spiro atoms. The van der Waals surface area contributed by atoms with Gasteiger partial charge in [0.25, 0.3) is 0 Å². The molecule has 1 saturated heterocycles. The molecule has 1 unspecified atom stereocenters. The molecule has 140 valence electrons. The Balaban J connectivity index is 1.49. The summed E-state index contributed by atoms with van der Waals surface area (Å²) in [6.07, 6.45) is 3.80. The smallest absolute Gasteiger partial charge is 0.231 e. The van der Waals surface area contributed by atoms with Gasteiger partial charge < -0.3 is 14.8 Å². The molecule has 2 aliphatic rings. The van der Waals surface area contributed by atoms with Crippen LogP contribution >= 0.6 is 0 Å². The van der Waals surface area contributed by atoms with E-state index < -0.39 is 0 Å². The number of hydrogen-bond acceptors (Lipinski definition) is 4. The van der Waals surface area contributed by atoms with Gasteiger partial charge in [-0.2, -0.15) is 5.26 Å². The average molecular weight is 363 g/mol. The fourth-order valence-corrected chi connectivity index (χ4v) is 4.34. The number of amides is 1. The molecular weight excluding hydrogens is 338 g/mol. The van der Waals surface area contributed by atoms with Gasteiger partial charge in [0.15, 0.2) is 0 Å². The van der Waals surface area contributed by atoms with Crippen molar-refractivity contribution in [2.24, 2.45) is 0 Å². The number of rotatable bonds is 2. The van der Waals surface area contributed by atoms with Crippen LogP contribution in [0.2, 0.25) is 0 Å². The third-order valence-corrected chi connectivity index (χ3v) is 5.65. The topological polar surface area (TPSA) is 76.0 Å². The molecule has 1 N–H and O–H groups in total. The summed E-state index contributed by atoms with van der Waals surface area (Å²) in [5.74, 6) is 0.990. The highest BCUT2D eigenvalue weighted by Gasteiger charge is 2.33. The normalized spacial score (nSPS) is 19.9. The van der Waals surface area contributed by atoms with Crippen molar-refractivity contribution in [3.05, 3.63) is 47.0 Å². The van der Waals surface area contributed by atoms with Crippen LogP contribution in [0, 0.1) is 18.3 Å². The molecule has 4 rings (SSSR count). The number of fused-ring (bicyclic) bond motifs is 1. The quantitative estimate of drug-likeness (QED) is 0.890. The van der Waals surface area contributed by atoms with Crippen LogP contribution < -0.4 is 4.90 Å². The number of H-pyrrole nitrogens is 1.